The Morgan fingerprint density at radius 1 is 1.44 bits per heavy atom. The quantitative estimate of drug-likeness (QED) is 0.738. The lowest BCUT2D eigenvalue weighted by molar-refractivity contribution is 0.426. The van der Waals surface area contributed by atoms with Crippen molar-refractivity contribution in [3.8, 4) is 6.07 Å². The summed E-state index contributed by atoms with van der Waals surface area (Å²) >= 11 is 1.81. The van der Waals surface area contributed by atoms with E-state index in [0.29, 0.717) is 0 Å². The topological polar surface area (TPSA) is 35.8 Å². The fourth-order valence-corrected chi connectivity index (χ4v) is 2.21. The van der Waals surface area contributed by atoms with Crippen LogP contribution in [0, 0.1) is 16.7 Å². The van der Waals surface area contributed by atoms with Crippen molar-refractivity contribution in [1.82, 2.24) is 5.32 Å². The third-order valence-corrected chi connectivity index (χ3v) is 3.52. The molecule has 0 aliphatic heterocycles. The van der Waals surface area contributed by atoms with Crippen molar-refractivity contribution in [1.29, 1.82) is 5.26 Å². The molecule has 1 heterocycles. The molecule has 1 N–H and O–H groups in total. The molecule has 0 atom stereocenters. The summed E-state index contributed by atoms with van der Waals surface area (Å²) in [6, 6.07) is 6.59. The average Bonchev–Trinajstić information content (AvgIpc) is 2.76. The van der Waals surface area contributed by atoms with E-state index in [4.69, 9.17) is 5.26 Å². The van der Waals surface area contributed by atoms with Crippen LogP contribution in [0.15, 0.2) is 17.5 Å². The largest absolute Gasteiger partial charge is 0.316 e. The smallest absolute Gasteiger partial charge is 0.0683 e. The zero-order valence-electron chi connectivity index (χ0n) is 10.1. The van der Waals surface area contributed by atoms with Gasteiger partial charge in [0.05, 0.1) is 11.5 Å². The monoisotopic (exact) mass is 236 g/mol. The van der Waals surface area contributed by atoms with E-state index in [9.17, 15) is 0 Å². The molecule has 1 aromatic rings. The van der Waals surface area contributed by atoms with Crippen molar-refractivity contribution in [2.75, 3.05) is 13.1 Å². The second-order valence-electron chi connectivity index (χ2n) is 4.68. The van der Waals surface area contributed by atoms with Gasteiger partial charge >= 0.3 is 0 Å². The summed E-state index contributed by atoms with van der Waals surface area (Å²) in [5, 5.41) is 14.4. The summed E-state index contributed by atoms with van der Waals surface area (Å²) < 4.78 is 0. The van der Waals surface area contributed by atoms with Gasteiger partial charge in [0.2, 0.25) is 0 Å². The maximum absolute atomic E-state index is 8.85. The highest BCUT2D eigenvalue weighted by Crippen LogP contribution is 2.19. The van der Waals surface area contributed by atoms with Gasteiger partial charge in [-0.05, 0) is 57.6 Å². The molecule has 0 fully saturated rings. The van der Waals surface area contributed by atoms with Crippen LogP contribution in [0.3, 0.4) is 0 Å². The Bertz CT molecular complexity index is 322. The van der Waals surface area contributed by atoms with Gasteiger partial charge in [0, 0.05) is 4.88 Å². The van der Waals surface area contributed by atoms with Crippen LogP contribution in [-0.4, -0.2) is 13.1 Å². The van der Waals surface area contributed by atoms with Crippen LogP contribution >= 0.6 is 11.3 Å². The van der Waals surface area contributed by atoms with Crippen molar-refractivity contribution >= 4 is 11.3 Å². The molecule has 0 unspecified atom stereocenters. The molecule has 0 saturated heterocycles. The zero-order valence-corrected chi connectivity index (χ0v) is 10.9. The van der Waals surface area contributed by atoms with Gasteiger partial charge in [0.25, 0.3) is 0 Å². The molecule has 0 radical (unpaired) electrons. The summed E-state index contributed by atoms with van der Waals surface area (Å²) in [7, 11) is 0. The second kappa shape index (κ2) is 6.67. The third-order valence-electron chi connectivity index (χ3n) is 2.59. The van der Waals surface area contributed by atoms with Gasteiger partial charge in [0.1, 0.15) is 0 Å². The molecule has 2 nitrogen and oxygen atoms in total. The Kier molecular flexibility index (Phi) is 5.51. The molecular weight excluding hydrogens is 216 g/mol. The molecule has 0 aliphatic rings. The number of nitrogens with zero attached hydrogens (tertiary/aromatic N) is 1. The van der Waals surface area contributed by atoms with Crippen LogP contribution in [0.4, 0.5) is 0 Å². The van der Waals surface area contributed by atoms with Crippen molar-refractivity contribution in [2.45, 2.75) is 33.1 Å². The van der Waals surface area contributed by atoms with Crippen molar-refractivity contribution < 1.29 is 0 Å². The number of nitrogens with one attached hydrogen (secondary N) is 1. The predicted octanol–water partition coefficient (Wildman–Crippen LogP) is 3.21. The summed E-state index contributed by atoms with van der Waals surface area (Å²) in [5.74, 6) is 0. The van der Waals surface area contributed by atoms with Crippen LogP contribution in [0.5, 0.6) is 0 Å². The lowest BCUT2D eigenvalue weighted by Gasteiger charge is -2.14. The first-order valence-electron chi connectivity index (χ1n) is 5.78. The number of rotatable bonds is 7. The number of thiophene rings is 1. The molecule has 0 aliphatic carbocycles. The molecule has 0 aromatic carbocycles. The first-order valence-corrected chi connectivity index (χ1v) is 6.66. The molecule has 88 valence electrons. The first-order chi connectivity index (χ1) is 7.64. The first kappa shape index (κ1) is 13.2. The Hall–Kier alpha value is -0.850. The molecule has 1 aromatic heterocycles. The molecule has 0 bridgehead atoms. The van der Waals surface area contributed by atoms with Gasteiger partial charge < -0.3 is 5.32 Å². The highest BCUT2D eigenvalue weighted by Gasteiger charge is 2.14. The predicted molar refractivity (Wildman–Crippen MR) is 69.5 cm³/mol. The van der Waals surface area contributed by atoms with Gasteiger partial charge in [-0.15, -0.1) is 11.3 Å². The Labute approximate surface area is 102 Å². The number of hydrogen-bond donors (Lipinski definition) is 1. The van der Waals surface area contributed by atoms with E-state index in [0.717, 1.165) is 32.4 Å². The molecule has 1 rings (SSSR count). The molecule has 16 heavy (non-hydrogen) atoms. The van der Waals surface area contributed by atoms with Crippen LogP contribution in [0.25, 0.3) is 0 Å². The van der Waals surface area contributed by atoms with E-state index in [1.165, 1.54) is 4.88 Å². The van der Waals surface area contributed by atoms with Crippen molar-refractivity contribution in [3.63, 3.8) is 0 Å². The van der Waals surface area contributed by atoms with Crippen LogP contribution < -0.4 is 5.32 Å². The number of nitriles is 1. The summed E-state index contributed by atoms with van der Waals surface area (Å²) in [4.78, 5) is 1.44. The molecule has 0 amide bonds. The maximum Gasteiger partial charge on any atom is 0.0683 e. The van der Waals surface area contributed by atoms with E-state index in [1.54, 1.807) is 0 Å². The minimum atomic E-state index is -0.171. The lowest BCUT2D eigenvalue weighted by atomic mass is 9.90. The Balaban J connectivity index is 1.99. The zero-order chi connectivity index (χ0) is 11.9. The van der Waals surface area contributed by atoms with Gasteiger partial charge in [-0.3, -0.25) is 0 Å². The van der Waals surface area contributed by atoms with E-state index < -0.39 is 0 Å². The summed E-state index contributed by atoms with van der Waals surface area (Å²) in [6.45, 7) is 6.04. The van der Waals surface area contributed by atoms with Crippen molar-refractivity contribution in [3.05, 3.63) is 22.4 Å². The van der Waals surface area contributed by atoms with Gasteiger partial charge in [-0.1, -0.05) is 6.07 Å². The fourth-order valence-electron chi connectivity index (χ4n) is 1.50. The van der Waals surface area contributed by atoms with Crippen LogP contribution in [0.2, 0.25) is 0 Å². The molecule has 3 heteroatoms. The molecule has 0 spiro atoms. The highest BCUT2D eigenvalue weighted by molar-refractivity contribution is 7.09. The van der Waals surface area contributed by atoms with Crippen molar-refractivity contribution in [2.24, 2.45) is 5.41 Å². The Morgan fingerprint density at radius 2 is 2.25 bits per heavy atom. The van der Waals surface area contributed by atoms with E-state index >= 15 is 0 Å². The maximum atomic E-state index is 8.85. The van der Waals surface area contributed by atoms with E-state index in [2.05, 4.69) is 28.9 Å². The van der Waals surface area contributed by atoms with Crippen LogP contribution in [-0.2, 0) is 6.42 Å². The second-order valence-corrected chi connectivity index (χ2v) is 5.71. The lowest BCUT2D eigenvalue weighted by Crippen LogP contribution is -2.20. The molecular formula is C13H20N2S. The molecule has 0 saturated carbocycles. The standard InChI is InChI=1S/C13H20N2S/c1-13(2,11-14)7-4-8-15-9-6-12-5-3-10-16-12/h3,5,10,15H,4,6-9H2,1-2H3. The average molecular weight is 236 g/mol. The summed E-state index contributed by atoms with van der Waals surface area (Å²) in [5.41, 5.74) is -0.171. The Morgan fingerprint density at radius 3 is 2.88 bits per heavy atom. The van der Waals surface area contributed by atoms with Gasteiger partial charge in [0.15, 0.2) is 0 Å². The SMILES string of the molecule is CC(C)(C#N)CCCNCCc1cccs1. The fraction of sp³-hybridized carbons (Fsp3) is 0.615. The van der Waals surface area contributed by atoms with Gasteiger partial charge in [-0.2, -0.15) is 5.26 Å². The minimum absolute atomic E-state index is 0.171. The third kappa shape index (κ3) is 5.29. The normalized spacial score (nSPS) is 11.3. The van der Waals surface area contributed by atoms with Crippen LogP contribution in [0.1, 0.15) is 31.6 Å². The van der Waals surface area contributed by atoms with E-state index in [1.807, 2.05) is 25.2 Å². The van der Waals surface area contributed by atoms with E-state index in [-0.39, 0.29) is 5.41 Å². The number of hydrogen-bond acceptors (Lipinski definition) is 3. The van der Waals surface area contributed by atoms with Gasteiger partial charge in [-0.25, -0.2) is 0 Å². The summed E-state index contributed by atoms with van der Waals surface area (Å²) in [6.07, 6.45) is 3.15. The highest BCUT2D eigenvalue weighted by atomic mass is 32.1. The minimum Gasteiger partial charge on any atom is -0.316 e.